The summed E-state index contributed by atoms with van der Waals surface area (Å²) in [6.45, 7) is 9.20. The first-order chi connectivity index (χ1) is 7.58. The molecule has 0 spiro atoms. The summed E-state index contributed by atoms with van der Waals surface area (Å²) in [7, 11) is 0. The molecule has 0 N–H and O–H groups in total. The van der Waals surface area contributed by atoms with Gasteiger partial charge < -0.3 is 0 Å². The molecule has 0 aliphatic rings. The van der Waals surface area contributed by atoms with E-state index in [1.165, 1.54) is 23.7 Å². The molecule has 0 radical (unpaired) electrons. The van der Waals surface area contributed by atoms with E-state index >= 15 is 0 Å². The van der Waals surface area contributed by atoms with Gasteiger partial charge in [-0.1, -0.05) is 0 Å². The average Bonchev–Trinajstić information content (AvgIpc) is 2.16. The van der Waals surface area contributed by atoms with Crippen molar-refractivity contribution >= 4 is 19.4 Å². The van der Waals surface area contributed by atoms with Crippen LogP contribution < -0.4 is 4.46 Å². The van der Waals surface area contributed by atoms with Crippen molar-refractivity contribution in [1.29, 1.82) is 0 Å². The van der Waals surface area contributed by atoms with Crippen LogP contribution in [0.5, 0.6) is 0 Å². The van der Waals surface area contributed by atoms with Gasteiger partial charge in [-0.05, 0) is 0 Å². The Morgan fingerprint density at radius 1 is 1.06 bits per heavy atom. The average molecular weight is 283 g/mol. The van der Waals surface area contributed by atoms with Gasteiger partial charge in [-0.3, -0.25) is 0 Å². The van der Waals surface area contributed by atoms with Crippen LogP contribution in [0.1, 0.15) is 39.7 Å². The topological polar surface area (TPSA) is 0 Å². The maximum atomic E-state index is 2.42. The van der Waals surface area contributed by atoms with Gasteiger partial charge in [-0.25, -0.2) is 0 Å². The van der Waals surface area contributed by atoms with E-state index in [2.05, 4.69) is 52.0 Å². The van der Waals surface area contributed by atoms with E-state index in [9.17, 15) is 0 Å². The molecule has 0 atom stereocenters. The Morgan fingerprint density at radius 3 is 2.44 bits per heavy atom. The number of hydrogen-bond acceptors (Lipinski definition) is 0. The van der Waals surface area contributed by atoms with Crippen molar-refractivity contribution in [2.75, 3.05) is 0 Å². The fourth-order valence-corrected chi connectivity index (χ4v) is 4.24. The number of benzene rings is 1. The second kappa shape index (κ2) is 7.14. The van der Waals surface area contributed by atoms with Crippen molar-refractivity contribution in [3.8, 4) is 0 Å². The molecular weight excluding hydrogens is 259 g/mol. The maximum absolute atomic E-state index is 2.42. The molecule has 0 saturated heterocycles. The van der Waals surface area contributed by atoms with Crippen LogP contribution in [0.25, 0.3) is 0 Å². The molecule has 0 aliphatic heterocycles. The Hall–Kier alpha value is -0.261. The van der Waals surface area contributed by atoms with Crippen molar-refractivity contribution in [3.63, 3.8) is 0 Å². The SMILES string of the molecule is CC(C)CC[Se]c1cccc(CC(C)C)c1. The minimum atomic E-state index is 0.678. The molecule has 16 heavy (non-hydrogen) atoms. The third-order valence-electron chi connectivity index (χ3n) is 2.51. The fraction of sp³-hybridized carbons (Fsp3) is 0.600. The molecule has 0 bridgehead atoms. The van der Waals surface area contributed by atoms with E-state index < -0.39 is 0 Å². The number of hydrogen-bond donors (Lipinski definition) is 0. The standard InChI is InChI=1S/C15H24Se/c1-12(2)8-9-16-15-7-5-6-14(11-15)10-13(3)4/h5-7,11-13H,8-10H2,1-4H3. The normalized spacial score (nSPS) is 11.4. The Bertz CT molecular complexity index is 302. The summed E-state index contributed by atoms with van der Waals surface area (Å²) in [6, 6.07) is 9.21. The Balaban J connectivity index is 2.47. The van der Waals surface area contributed by atoms with Crippen LogP contribution in [0.15, 0.2) is 24.3 Å². The third kappa shape index (κ3) is 5.72. The van der Waals surface area contributed by atoms with Crippen molar-refractivity contribution in [1.82, 2.24) is 0 Å². The predicted molar refractivity (Wildman–Crippen MR) is 74.6 cm³/mol. The van der Waals surface area contributed by atoms with Crippen LogP contribution in [-0.2, 0) is 6.42 Å². The van der Waals surface area contributed by atoms with E-state index in [1.807, 2.05) is 0 Å². The van der Waals surface area contributed by atoms with Crippen molar-refractivity contribution < 1.29 is 0 Å². The Morgan fingerprint density at radius 2 is 1.81 bits per heavy atom. The zero-order chi connectivity index (χ0) is 12.0. The first kappa shape index (κ1) is 13.8. The molecule has 90 valence electrons. The van der Waals surface area contributed by atoms with Gasteiger partial charge >= 0.3 is 107 Å². The van der Waals surface area contributed by atoms with Gasteiger partial charge in [0.05, 0.1) is 0 Å². The molecule has 0 aromatic heterocycles. The zero-order valence-electron chi connectivity index (χ0n) is 11.0. The molecular formula is C15H24Se. The van der Waals surface area contributed by atoms with E-state index in [0.29, 0.717) is 15.0 Å². The molecule has 0 saturated carbocycles. The van der Waals surface area contributed by atoms with Crippen LogP contribution in [0.2, 0.25) is 5.32 Å². The van der Waals surface area contributed by atoms with Crippen LogP contribution in [-0.4, -0.2) is 15.0 Å². The van der Waals surface area contributed by atoms with Gasteiger partial charge in [0.2, 0.25) is 0 Å². The summed E-state index contributed by atoms with van der Waals surface area (Å²) in [5.74, 6) is 1.61. The van der Waals surface area contributed by atoms with Gasteiger partial charge in [0.1, 0.15) is 0 Å². The summed E-state index contributed by atoms with van der Waals surface area (Å²) in [6.07, 6.45) is 2.59. The quantitative estimate of drug-likeness (QED) is 0.699. The monoisotopic (exact) mass is 284 g/mol. The van der Waals surface area contributed by atoms with E-state index in [-0.39, 0.29) is 0 Å². The molecule has 0 unspecified atom stereocenters. The zero-order valence-corrected chi connectivity index (χ0v) is 12.7. The fourth-order valence-electron chi connectivity index (χ4n) is 1.65. The molecule has 1 aromatic rings. The van der Waals surface area contributed by atoms with E-state index in [0.717, 1.165) is 11.8 Å². The second-order valence-electron chi connectivity index (χ2n) is 5.28. The molecule has 0 amide bonds. The molecule has 0 heterocycles. The Labute approximate surface area is 107 Å². The van der Waals surface area contributed by atoms with Crippen molar-refractivity contribution in [2.24, 2.45) is 11.8 Å². The molecule has 0 aliphatic carbocycles. The summed E-state index contributed by atoms with van der Waals surface area (Å²) in [5, 5.41) is 1.38. The predicted octanol–water partition coefficient (Wildman–Crippen LogP) is 3.68. The van der Waals surface area contributed by atoms with Crippen molar-refractivity contribution in [2.45, 2.75) is 45.9 Å². The van der Waals surface area contributed by atoms with Gasteiger partial charge in [0.25, 0.3) is 0 Å². The molecule has 1 aromatic carbocycles. The summed E-state index contributed by atoms with van der Waals surface area (Å²) in [4.78, 5) is 0. The van der Waals surface area contributed by atoms with Gasteiger partial charge in [-0.15, -0.1) is 0 Å². The van der Waals surface area contributed by atoms with Gasteiger partial charge in [0.15, 0.2) is 0 Å². The minimum absolute atomic E-state index is 0.678. The van der Waals surface area contributed by atoms with Gasteiger partial charge in [0, 0.05) is 0 Å². The van der Waals surface area contributed by atoms with Crippen LogP contribution in [0, 0.1) is 11.8 Å². The molecule has 1 rings (SSSR count). The second-order valence-corrected chi connectivity index (χ2v) is 7.73. The summed E-state index contributed by atoms with van der Waals surface area (Å²) < 4.78 is 1.58. The van der Waals surface area contributed by atoms with Crippen molar-refractivity contribution in [3.05, 3.63) is 29.8 Å². The van der Waals surface area contributed by atoms with E-state index in [4.69, 9.17) is 0 Å². The Kier molecular flexibility index (Phi) is 6.16. The first-order valence-electron chi connectivity index (χ1n) is 6.29. The first-order valence-corrected chi connectivity index (χ1v) is 8.36. The number of rotatable bonds is 6. The summed E-state index contributed by atoms with van der Waals surface area (Å²) >= 11 is 0.678. The molecule has 0 nitrogen and oxygen atoms in total. The van der Waals surface area contributed by atoms with Crippen LogP contribution in [0.4, 0.5) is 0 Å². The molecule has 0 fully saturated rings. The third-order valence-corrected chi connectivity index (χ3v) is 4.66. The summed E-state index contributed by atoms with van der Waals surface area (Å²) in [5.41, 5.74) is 1.51. The molecule has 1 heteroatoms. The van der Waals surface area contributed by atoms with Crippen LogP contribution >= 0.6 is 0 Å². The van der Waals surface area contributed by atoms with Gasteiger partial charge in [-0.2, -0.15) is 0 Å². The van der Waals surface area contributed by atoms with E-state index in [1.54, 1.807) is 4.46 Å². The van der Waals surface area contributed by atoms with Crippen LogP contribution in [0.3, 0.4) is 0 Å².